The fourth-order valence-electron chi connectivity index (χ4n) is 2.42. The lowest BCUT2D eigenvalue weighted by Crippen LogP contribution is -2.32. The molecule has 0 atom stereocenters. The third kappa shape index (κ3) is 3.46. The molecule has 2 heterocycles. The summed E-state index contributed by atoms with van der Waals surface area (Å²) >= 11 is 0. The lowest BCUT2D eigenvalue weighted by Gasteiger charge is -2.16. The Bertz CT molecular complexity index is 650. The fraction of sp³-hybridized carbons (Fsp3) is 0.250. The lowest BCUT2D eigenvalue weighted by molar-refractivity contribution is 0.222. The van der Waals surface area contributed by atoms with E-state index in [0.717, 1.165) is 43.0 Å². The van der Waals surface area contributed by atoms with E-state index >= 15 is 0 Å². The van der Waals surface area contributed by atoms with Crippen molar-refractivity contribution in [2.75, 3.05) is 29.5 Å². The molecule has 3 rings (SSSR count). The number of pyridine rings is 1. The Morgan fingerprint density at radius 2 is 1.82 bits per heavy atom. The van der Waals surface area contributed by atoms with E-state index < -0.39 is 0 Å². The van der Waals surface area contributed by atoms with Crippen molar-refractivity contribution in [1.82, 2.24) is 9.88 Å². The van der Waals surface area contributed by atoms with Crippen molar-refractivity contribution in [3.8, 4) is 0 Å². The highest BCUT2D eigenvalue weighted by Gasteiger charge is 2.18. The van der Waals surface area contributed by atoms with Crippen LogP contribution in [0.2, 0.25) is 0 Å². The second-order valence-corrected chi connectivity index (χ2v) is 5.30. The molecule has 0 radical (unpaired) electrons. The quantitative estimate of drug-likeness (QED) is 0.760. The molecule has 2 amide bonds. The predicted molar refractivity (Wildman–Crippen MR) is 88.2 cm³/mol. The molecule has 6 heteroatoms. The van der Waals surface area contributed by atoms with Crippen LogP contribution in [0.1, 0.15) is 12.8 Å². The van der Waals surface area contributed by atoms with Gasteiger partial charge >= 0.3 is 6.03 Å². The number of nitrogen functional groups attached to an aromatic ring is 1. The van der Waals surface area contributed by atoms with Gasteiger partial charge in [-0.15, -0.1) is 0 Å². The van der Waals surface area contributed by atoms with E-state index in [-0.39, 0.29) is 6.03 Å². The van der Waals surface area contributed by atoms with Gasteiger partial charge < -0.3 is 16.0 Å². The Hall–Kier alpha value is -2.76. The number of rotatable bonds is 3. The predicted octanol–water partition coefficient (Wildman–Crippen LogP) is 3.04. The minimum Gasteiger partial charge on any atom is -0.399 e. The Morgan fingerprint density at radius 3 is 2.55 bits per heavy atom. The van der Waals surface area contributed by atoms with Gasteiger partial charge in [-0.25, -0.2) is 9.78 Å². The summed E-state index contributed by atoms with van der Waals surface area (Å²) < 4.78 is 0. The number of nitrogens with one attached hydrogen (secondary N) is 2. The maximum absolute atomic E-state index is 12.1. The Morgan fingerprint density at radius 1 is 1.09 bits per heavy atom. The maximum atomic E-state index is 12.1. The van der Waals surface area contributed by atoms with Gasteiger partial charge in [-0.3, -0.25) is 5.32 Å². The molecule has 1 aliphatic rings. The largest absolute Gasteiger partial charge is 0.399 e. The van der Waals surface area contributed by atoms with E-state index in [2.05, 4.69) is 15.6 Å². The van der Waals surface area contributed by atoms with E-state index in [1.807, 2.05) is 41.3 Å². The highest BCUT2D eigenvalue weighted by molar-refractivity contribution is 5.89. The van der Waals surface area contributed by atoms with E-state index in [4.69, 9.17) is 5.73 Å². The maximum Gasteiger partial charge on any atom is 0.323 e. The molecule has 1 aliphatic heterocycles. The number of aromatic nitrogens is 1. The zero-order valence-electron chi connectivity index (χ0n) is 12.2. The van der Waals surface area contributed by atoms with Crippen LogP contribution in [-0.4, -0.2) is 29.0 Å². The highest BCUT2D eigenvalue weighted by Crippen LogP contribution is 2.20. The molecule has 0 saturated carbocycles. The summed E-state index contributed by atoms with van der Waals surface area (Å²) in [5.74, 6) is 0.539. The number of hydrogen-bond donors (Lipinski definition) is 3. The molecule has 0 spiro atoms. The molecule has 4 N–H and O–H groups in total. The molecular formula is C16H19N5O. The Balaban J connectivity index is 1.66. The number of benzene rings is 1. The number of likely N-dealkylation sites (tertiary alicyclic amines) is 1. The first-order chi connectivity index (χ1) is 10.7. The van der Waals surface area contributed by atoms with Crippen LogP contribution in [0.5, 0.6) is 0 Å². The average Bonchev–Trinajstić information content (AvgIpc) is 3.04. The lowest BCUT2D eigenvalue weighted by atomic mass is 10.2. The zero-order valence-corrected chi connectivity index (χ0v) is 12.2. The first kappa shape index (κ1) is 14.2. The molecule has 22 heavy (non-hydrogen) atoms. The summed E-state index contributed by atoms with van der Waals surface area (Å²) in [5.41, 5.74) is 8.18. The molecule has 1 fully saturated rings. The van der Waals surface area contributed by atoms with E-state index in [1.54, 1.807) is 6.20 Å². The number of anilines is 4. The molecule has 6 nitrogen and oxygen atoms in total. The second-order valence-electron chi connectivity index (χ2n) is 5.30. The molecule has 1 saturated heterocycles. The standard InChI is InChI=1S/C16H19N5O/c17-12-3-5-13(6-4-12)19-14-7-8-18-15(11-14)20-16(22)21-9-1-2-10-21/h3-8,11H,1-2,9-10,17H2,(H2,18,19,20,22). The van der Waals surface area contributed by atoms with E-state index in [0.29, 0.717) is 5.82 Å². The van der Waals surface area contributed by atoms with Gasteiger partial charge in [0.15, 0.2) is 0 Å². The van der Waals surface area contributed by atoms with E-state index in [1.165, 1.54) is 0 Å². The summed E-state index contributed by atoms with van der Waals surface area (Å²) in [4.78, 5) is 18.1. The number of urea groups is 1. The third-order valence-electron chi connectivity index (χ3n) is 3.59. The van der Waals surface area contributed by atoms with Crippen molar-refractivity contribution in [2.24, 2.45) is 0 Å². The first-order valence-corrected chi connectivity index (χ1v) is 7.35. The third-order valence-corrected chi connectivity index (χ3v) is 3.59. The topological polar surface area (TPSA) is 83.3 Å². The number of amides is 2. The number of carbonyl (C=O) groups excluding carboxylic acids is 1. The van der Waals surface area contributed by atoms with Gasteiger partial charge in [-0.1, -0.05) is 0 Å². The first-order valence-electron chi connectivity index (χ1n) is 7.35. The normalized spacial score (nSPS) is 13.9. The molecular weight excluding hydrogens is 278 g/mol. The van der Waals surface area contributed by atoms with Crippen molar-refractivity contribution in [2.45, 2.75) is 12.8 Å². The van der Waals surface area contributed by atoms with Crippen LogP contribution in [0.25, 0.3) is 0 Å². The number of carbonyl (C=O) groups is 1. The van der Waals surface area contributed by atoms with Crippen molar-refractivity contribution in [3.05, 3.63) is 42.6 Å². The van der Waals surface area contributed by atoms with Crippen LogP contribution in [0.3, 0.4) is 0 Å². The highest BCUT2D eigenvalue weighted by atomic mass is 16.2. The Labute approximate surface area is 129 Å². The number of nitrogens with two attached hydrogens (primary N) is 1. The number of nitrogens with zero attached hydrogens (tertiary/aromatic N) is 2. The van der Waals surface area contributed by atoms with Gasteiger partial charge in [0.05, 0.1) is 0 Å². The molecule has 0 aliphatic carbocycles. The van der Waals surface area contributed by atoms with Crippen molar-refractivity contribution in [3.63, 3.8) is 0 Å². The molecule has 2 aromatic rings. The second kappa shape index (κ2) is 6.34. The molecule has 1 aromatic heterocycles. The Kier molecular flexibility index (Phi) is 4.09. The molecule has 114 valence electrons. The van der Waals surface area contributed by atoms with Crippen LogP contribution >= 0.6 is 0 Å². The zero-order chi connectivity index (χ0) is 15.4. The summed E-state index contributed by atoms with van der Waals surface area (Å²) in [6.07, 6.45) is 3.80. The van der Waals surface area contributed by atoms with Crippen LogP contribution in [-0.2, 0) is 0 Å². The molecule has 1 aromatic carbocycles. The fourth-order valence-corrected chi connectivity index (χ4v) is 2.42. The van der Waals surface area contributed by atoms with Gasteiger partial charge in [0.25, 0.3) is 0 Å². The van der Waals surface area contributed by atoms with Gasteiger partial charge in [0, 0.05) is 42.4 Å². The van der Waals surface area contributed by atoms with Gasteiger partial charge in [0.2, 0.25) is 0 Å². The smallest absolute Gasteiger partial charge is 0.323 e. The minimum absolute atomic E-state index is 0.0883. The van der Waals surface area contributed by atoms with Crippen molar-refractivity contribution < 1.29 is 4.79 Å². The average molecular weight is 297 g/mol. The number of hydrogen-bond acceptors (Lipinski definition) is 4. The monoisotopic (exact) mass is 297 g/mol. The SMILES string of the molecule is Nc1ccc(Nc2ccnc(NC(=O)N3CCCC3)c2)cc1. The summed E-state index contributed by atoms with van der Waals surface area (Å²) in [6, 6.07) is 11.0. The molecule has 0 bridgehead atoms. The van der Waals surface area contributed by atoms with Crippen LogP contribution in [0.4, 0.5) is 27.7 Å². The summed E-state index contributed by atoms with van der Waals surface area (Å²) in [5, 5.41) is 6.09. The van der Waals surface area contributed by atoms with Crippen LogP contribution < -0.4 is 16.4 Å². The summed E-state index contributed by atoms with van der Waals surface area (Å²) in [7, 11) is 0. The minimum atomic E-state index is -0.0883. The van der Waals surface area contributed by atoms with E-state index in [9.17, 15) is 4.79 Å². The molecule has 0 unspecified atom stereocenters. The summed E-state index contributed by atoms with van der Waals surface area (Å²) in [6.45, 7) is 1.63. The van der Waals surface area contributed by atoms with Gasteiger partial charge in [0.1, 0.15) is 5.82 Å². The van der Waals surface area contributed by atoms with Crippen molar-refractivity contribution >= 4 is 28.9 Å². The van der Waals surface area contributed by atoms with Crippen LogP contribution in [0, 0.1) is 0 Å². The van der Waals surface area contributed by atoms with Crippen LogP contribution in [0.15, 0.2) is 42.6 Å². The van der Waals surface area contributed by atoms with Gasteiger partial charge in [-0.2, -0.15) is 0 Å². The van der Waals surface area contributed by atoms with Gasteiger partial charge in [-0.05, 0) is 43.2 Å². The van der Waals surface area contributed by atoms with Crippen molar-refractivity contribution in [1.29, 1.82) is 0 Å².